The van der Waals surface area contributed by atoms with Crippen LogP contribution in [0.2, 0.25) is 0 Å². The largest absolute Gasteiger partial charge is 0.307 e. The monoisotopic (exact) mass is 287 g/mol. The second-order valence-corrected chi connectivity index (χ2v) is 6.77. The van der Waals surface area contributed by atoms with Gasteiger partial charge < -0.3 is 5.32 Å². The maximum atomic E-state index is 4.04. The quantitative estimate of drug-likeness (QED) is 0.676. The van der Waals surface area contributed by atoms with Crippen molar-refractivity contribution in [3.8, 4) is 0 Å². The normalized spacial score (nSPS) is 24.2. The van der Waals surface area contributed by atoms with Crippen LogP contribution >= 0.6 is 0 Å². The maximum absolute atomic E-state index is 4.04. The van der Waals surface area contributed by atoms with E-state index >= 15 is 0 Å². The van der Waals surface area contributed by atoms with E-state index in [1.54, 1.807) is 0 Å². The van der Waals surface area contributed by atoms with Crippen molar-refractivity contribution in [1.29, 1.82) is 0 Å². The van der Waals surface area contributed by atoms with Crippen LogP contribution < -0.4 is 5.32 Å². The first kappa shape index (κ1) is 16.5. The predicted octanol–water partition coefficient (Wildman–Crippen LogP) is 5.72. The van der Waals surface area contributed by atoms with E-state index in [1.165, 1.54) is 50.5 Å². The van der Waals surface area contributed by atoms with Crippen molar-refractivity contribution in [2.75, 3.05) is 0 Å². The lowest BCUT2D eigenvalue weighted by Crippen LogP contribution is -2.39. The Balaban J connectivity index is 2.08. The summed E-state index contributed by atoms with van der Waals surface area (Å²) in [6, 6.07) is 12.3. The van der Waals surface area contributed by atoms with Gasteiger partial charge in [0, 0.05) is 12.1 Å². The van der Waals surface area contributed by atoms with Gasteiger partial charge in [0.05, 0.1) is 0 Å². The van der Waals surface area contributed by atoms with Crippen molar-refractivity contribution in [3.63, 3.8) is 0 Å². The number of hydrogen-bond acceptors (Lipinski definition) is 1. The smallest absolute Gasteiger partial charge is 0.0350 e. The molecule has 118 valence electrons. The molecule has 0 bridgehead atoms. The number of hydrogen-bond donors (Lipinski definition) is 1. The van der Waals surface area contributed by atoms with Crippen LogP contribution in [-0.2, 0) is 0 Å². The lowest BCUT2D eigenvalue weighted by Gasteiger charge is -2.35. The van der Waals surface area contributed by atoms with Crippen molar-refractivity contribution in [3.05, 3.63) is 35.9 Å². The Bertz CT molecular complexity index is 382. The van der Waals surface area contributed by atoms with Gasteiger partial charge in [-0.25, -0.2) is 0 Å². The molecule has 0 amide bonds. The first-order chi connectivity index (χ1) is 10.3. The van der Waals surface area contributed by atoms with Gasteiger partial charge in [0.25, 0.3) is 0 Å². The molecule has 0 aromatic heterocycles. The zero-order valence-electron chi connectivity index (χ0n) is 14.1. The summed E-state index contributed by atoms with van der Waals surface area (Å²) >= 11 is 0. The molecule has 1 heteroatoms. The standard InChI is InChI=1S/C20H33N/c1-4-16-11-10-14-19(15-16)21-20(17(5-2)6-3)18-12-8-7-9-13-18/h7-9,12-13,16-17,19-21H,4-6,10-11,14-15H2,1-3H3. The molecule has 0 saturated heterocycles. The molecule has 3 unspecified atom stereocenters. The van der Waals surface area contributed by atoms with Gasteiger partial charge in [0.15, 0.2) is 0 Å². The lowest BCUT2D eigenvalue weighted by atomic mass is 9.82. The summed E-state index contributed by atoms with van der Waals surface area (Å²) in [6.45, 7) is 7.02. The van der Waals surface area contributed by atoms with Gasteiger partial charge in [-0.05, 0) is 30.2 Å². The van der Waals surface area contributed by atoms with E-state index in [-0.39, 0.29) is 0 Å². The molecule has 3 atom stereocenters. The fourth-order valence-electron chi connectivity index (χ4n) is 3.99. The lowest BCUT2D eigenvalue weighted by molar-refractivity contribution is 0.230. The molecule has 0 spiro atoms. The molecule has 21 heavy (non-hydrogen) atoms. The van der Waals surface area contributed by atoms with Gasteiger partial charge in [-0.1, -0.05) is 83.2 Å². The van der Waals surface area contributed by atoms with E-state index in [4.69, 9.17) is 0 Å². The Morgan fingerprint density at radius 2 is 1.76 bits per heavy atom. The van der Waals surface area contributed by atoms with Gasteiger partial charge in [-0.3, -0.25) is 0 Å². The van der Waals surface area contributed by atoms with E-state index in [9.17, 15) is 0 Å². The molecule has 1 N–H and O–H groups in total. The Morgan fingerprint density at radius 3 is 2.38 bits per heavy atom. The van der Waals surface area contributed by atoms with Crippen LogP contribution in [0.3, 0.4) is 0 Å². The van der Waals surface area contributed by atoms with Gasteiger partial charge >= 0.3 is 0 Å². The number of nitrogens with one attached hydrogen (secondary N) is 1. The van der Waals surface area contributed by atoms with E-state index in [0.29, 0.717) is 6.04 Å². The molecule has 0 aliphatic heterocycles. The molecule has 2 rings (SSSR count). The van der Waals surface area contributed by atoms with E-state index in [0.717, 1.165) is 17.9 Å². The summed E-state index contributed by atoms with van der Waals surface area (Å²) < 4.78 is 0. The van der Waals surface area contributed by atoms with E-state index in [1.807, 2.05) is 0 Å². The Morgan fingerprint density at radius 1 is 1.05 bits per heavy atom. The molecule has 1 nitrogen and oxygen atoms in total. The predicted molar refractivity (Wildman–Crippen MR) is 92.4 cm³/mol. The van der Waals surface area contributed by atoms with Crippen molar-refractivity contribution in [1.82, 2.24) is 5.32 Å². The average molecular weight is 287 g/mol. The van der Waals surface area contributed by atoms with Crippen LogP contribution in [0.5, 0.6) is 0 Å². The minimum absolute atomic E-state index is 0.529. The van der Waals surface area contributed by atoms with Crippen LogP contribution in [0, 0.1) is 11.8 Å². The average Bonchev–Trinajstić information content (AvgIpc) is 2.56. The van der Waals surface area contributed by atoms with Crippen molar-refractivity contribution in [2.45, 2.75) is 77.8 Å². The molecule has 1 aliphatic rings. The highest BCUT2D eigenvalue weighted by molar-refractivity contribution is 5.20. The molecule has 1 aromatic rings. The van der Waals surface area contributed by atoms with Crippen molar-refractivity contribution in [2.24, 2.45) is 11.8 Å². The molecule has 0 radical (unpaired) electrons. The minimum atomic E-state index is 0.529. The molecule has 0 heterocycles. The van der Waals surface area contributed by atoms with Gasteiger partial charge in [-0.15, -0.1) is 0 Å². The molecule has 1 saturated carbocycles. The summed E-state index contributed by atoms with van der Waals surface area (Å²) in [5.41, 5.74) is 1.48. The third-order valence-corrected chi connectivity index (χ3v) is 5.45. The minimum Gasteiger partial charge on any atom is -0.307 e. The highest BCUT2D eigenvalue weighted by Crippen LogP contribution is 2.32. The molecule has 1 aliphatic carbocycles. The third-order valence-electron chi connectivity index (χ3n) is 5.45. The van der Waals surface area contributed by atoms with Gasteiger partial charge in [0.1, 0.15) is 0 Å². The summed E-state index contributed by atoms with van der Waals surface area (Å²) in [7, 11) is 0. The third kappa shape index (κ3) is 4.57. The van der Waals surface area contributed by atoms with Gasteiger partial charge in [0.2, 0.25) is 0 Å². The second-order valence-electron chi connectivity index (χ2n) is 6.77. The number of benzene rings is 1. The fraction of sp³-hybridized carbons (Fsp3) is 0.700. The Labute approximate surface area is 131 Å². The first-order valence-electron chi connectivity index (χ1n) is 9.09. The summed E-state index contributed by atoms with van der Waals surface area (Å²) in [6.07, 6.45) is 9.44. The van der Waals surface area contributed by atoms with Crippen molar-refractivity contribution >= 4 is 0 Å². The van der Waals surface area contributed by atoms with Crippen LogP contribution in [0.25, 0.3) is 0 Å². The van der Waals surface area contributed by atoms with Gasteiger partial charge in [-0.2, -0.15) is 0 Å². The van der Waals surface area contributed by atoms with E-state index in [2.05, 4.69) is 56.4 Å². The van der Waals surface area contributed by atoms with Crippen LogP contribution in [-0.4, -0.2) is 6.04 Å². The zero-order valence-corrected chi connectivity index (χ0v) is 14.1. The molecular weight excluding hydrogens is 254 g/mol. The maximum Gasteiger partial charge on any atom is 0.0350 e. The Hall–Kier alpha value is -0.820. The van der Waals surface area contributed by atoms with Crippen LogP contribution in [0.4, 0.5) is 0 Å². The highest BCUT2D eigenvalue weighted by Gasteiger charge is 2.26. The van der Waals surface area contributed by atoms with Crippen LogP contribution in [0.1, 0.15) is 77.3 Å². The molecular formula is C20H33N. The second kappa shape index (κ2) is 8.58. The van der Waals surface area contributed by atoms with Crippen molar-refractivity contribution < 1.29 is 0 Å². The van der Waals surface area contributed by atoms with Crippen LogP contribution in [0.15, 0.2) is 30.3 Å². The SMILES string of the molecule is CCC1CCCC(NC(c2ccccc2)C(CC)CC)C1. The fourth-order valence-corrected chi connectivity index (χ4v) is 3.99. The Kier molecular flexibility index (Phi) is 6.76. The first-order valence-corrected chi connectivity index (χ1v) is 9.09. The number of rotatable bonds is 7. The molecule has 1 fully saturated rings. The summed E-state index contributed by atoms with van der Waals surface area (Å²) in [5, 5.41) is 4.04. The summed E-state index contributed by atoms with van der Waals surface area (Å²) in [4.78, 5) is 0. The highest BCUT2D eigenvalue weighted by atomic mass is 15.0. The zero-order chi connectivity index (χ0) is 15.1. The topological polar surface area (TPSA) is 12.0 Å². The van der Waals surface area contributed by atoms with E-state index < -0.39 is 0 Å². The summed E-state index contributed by atoms with van der Waals surface area (Å²) in [5.74, 6) is 1.68. The molecule has 1 aromatic carbocycles.